The van der Waals surface area contributed by atoms with Gasteiger partial charge in [-0.25, -0.2) is 4.79 Å². The molecule has 17 heavy (non-hydrogen) atoms. The van der Waals surface area contributed by atoms with Crippen LogP contribution in [0.25, 0.3) is 0 Å². The number of halogens is 3. The van der Waals surface area contributed by atoms with Crippen LogP contribution in [0, 0.1) is 11.3 Å². The van der Waals surface area contributed by atoms with Crippen LogP contribution in [0.15, 0.2) is 12.1 Å². The van der Waals surface area contributed by atoms with Gasteiger partial charge in [0, 0.05) is 6.54 Å². The van der Waals surface area contributed by atoms with Gasteiger partial charge < -0.3 is 10.8 Å². The van der Waals surface area contributed by atoms with E-state index < -0.39 is 23.3 Å². The number of carbonyl (C=O) groups is 1. The third-order valence-corrected chi connectivity index (χ3v) is 2.11. The molecule has 0 aliphatic rings. The summed E-state index contributed by atoms with van der Waals surface area (Å²) in [5, 5.41) is 17.5. The Morgan fingerprint density at radius 1 is 1.47 bits per heavy atom. The molecular weight excluding hydrogens is 237 g/mol. The Bertz CT molecular complexity index is 503. The highest BCUT2D eigenvalue weighted by Crippen LogP contribution is 2.32. The summed E-state index contributed by atoms with van der Waals surface area (Å²) in [7, 11) is 0. The van der Waals surface area contributed by atoms with Gasteiger partial charge in [-0.1, -0.05) is 0 Å². The molecule has 0 heterocycles. The molecule has 0 radical (unpaired) electrons. The van der Waals surface area contributed by atoms with E-state index >= 15 is 0 Å². The van der Waals surface area contributed by atoms with Crippen LogP contribution in [0.3, 0.4) is 0 Å². The number of nitriles is 1. The highest BCUT2D eigenvalue weighted by atomic mass is 19.4. The highest BCUT2D eigenvalue weighted by Gasteiger charge is 2.33. The fourth-order valence-electron chi connectivity index (χ4n) is 1.33. The molecule has 4 nitrogen and oxygen atoms in total. The predicted molar refractivity (Wildman–Crippen MR) is 51.0 cm³/mol. The summed E-state index contributed by atoms with van der Waals surface area (Å²) in [5.41, 5.74) is 2.89. The number of aromatic carboxylic acids is 1. The normalized spacial score (nSPS) is 11.0. The van der Waals surface area contributed by atoms with Crippen LogP contribution in [-0.4, -0.2) is 11.1 Å². The third-order valence-electron chi connectivity index (χ3n) is 2.11. The molecule has 1 rings (SSSR count). The summed E-state index contributed by atoms with van der Waals surface area (Å²) in [6, 6.07) is 2.66. The van der Waals surface area contributed by atoms with Crippen molar-refractivity contribution in [3.05, 3.63) is 34.4 Å². The smallest absolute Gasteiger partial charge is 0.416 e. The standard InChI is InChI=1S/C10H7F3N2O2/c11-10(12,13)6-1-5(3-14)8(4-15)7(2-6)9(16)17/h1-2H,3,14H2,(H,16,17). The van der Waals surface area contributed by atoms with E-state index in [1.54, 1.807) is 6.07 Å². The topological polar surface area (TPSA) is 87.1 Å². The molecule has 0 amide bonds. The number of rotatable bonds is 2. The lowest BCUT2D eigenvalue weighted by atomic mass is 9.98. The Morgan fingerprint density at radius 2 is 2.06 bits per heavy atom. The zero-order chi connectivity index (χ0) is 13.2. The Labute approximate surface area is 94.1 Å². The number of alkyl halides is 3. The molecule has 0 unspecified atom stereocenters. The van der Waals surface area contributed by atoms with E-state index in [1.165, 1.54) is 0 Å². The van der Waals surface area contributed by atoms with E-state index in [2.05, 4.69) is 0 Å². The summed E-state index contributed by atoms with van der Waals surface area (Å²) >= 11 is 0. The van der Waals surface area contributed by atoms with Crippen LogP contribution >= 0.6 is 0 Å². The Hall–Kier alpha value is -2.07. The molecule has 0 aliphatic heterocycles. The monoisotopic (exact) mass is 244 g/mol. The van der Waals surface area contributed by atoms with Crippen molar-refractivity contribution in [1.82, 2.24) is 0 Å². The van der Waals surface area contributed by atoms with Crippen molar-refractivity contribution < 1.29 is 23.1 Å². The van der Waals surface area contributed by atoms with Crippen LogP contribution in [0.5, 0.6) is 0 Å². The van der Waals surface area contributed by atoms with E-state index in [9.17, 15) is 18.0 Å². The number of hydrogen-bond acceptors (Lipinski definition) is 3. The molecular formula is C10H7F3N2O2. The van der Waals surface area contributed by atoms with Crippen molar-refractivity contribution in [2.24, 2.45) is 5.73 Å². The van der Waals surface area contributed by atoms with Gasteiger partial charge in [0.2, 0.25) is 0 Å². The molecule has 0 saturated heterocycles. The molecule has 1 aromatic rings. The quantitative estimate of drug-likeness (QED) is 0.829. The fraction of sp³-hybridized carbons (Fsp3) is 0.200. The van der Waals surface area contributed by atoms with E-state index in [0.717, 1.165) is 0 Å². The average molecular weight is 244 g/mol. The summed E-state index contributed by atoms with van der Waals surface area (Å²) in [5.74, 6) is -1.60. The van der Waals surface area contributed by atoms with Gasteiger partial charge in [-0.2, -0.15) is 18.4 Å². The maximum absolute atomic E-state index is 12.5. The lowest BCUT2D eigenvalue weighted by Crippen LogP contribution is -2.13. The SMILES string of the molecule is N#Cc1c(CN)cc(C(F)(F)F)cc1C(=O)O. The summed E-state index contributed by atoms with van der Waals surface area (Å²) in [6.45, 7) is -0.340. The van der Waals surface area contributed by atoms with E-state index in [4.69, 9.17) is 16.1 Å². The van der Waals surface area contributed by atoms with E-state index in [1.807, 2.05) is 0 Å². The number of hydrogen-bond donors (Lipinski definition) is 2. The van der Waals surface area contributed by atoms with Crippen molar-refractivity contribution >= 4 is 5.97 Å². The Balaban J connectivity index is 3.59. The maximum atomic E-state index is 12.5. The zero-order valence-corrected chi connectivity index (χ0v) is 8.38. The molecule has 7 heteroatoms. The van der Waals surface area contributed by atoms with E-state index in [-0.39, 0.29) is 17.7 Å². The minimum absolute atomic E-state index is 0.139. The minimum Gasteiger partial charge on any atom is -0.478 e. The van der Waals surface area contributed by atoms with Crippen molar-refractivity contribution in [1.29, 1.82) is 5.26 Å². The van der Waals surface area contributed by atoms with Crippen molar-refractivity contribution in [2.75, 3.05) is 0 Å². The second-order valence-electron chi connectivity index (χ2n) is 3.18. The number of nitrogens with zero attached hydrogens (tertiary/aromatic N) is 1. The first-order chi connectivity index (χ1) is 7.81. The van der Waals surface area contributed by atoms with Gasteiger partial charge in [-0.3, -0.25) is 0 Å². The first-order valence-corrected chi connectivity index (χ1v) is 4.38. The molecule has 0 aromatic heterocycles. The molecule has 0 fully saturated rings. The number of benzene rings is 1. The van der Waals surface area contributed by atoms with Crippen molar-refractivity contribution in [3.63, 3.8) is 0 Å². The number of carboxylic acids is 1. The predicted octanol–water partition coefficient (Wildman–Crippen LogP) is 1.73. The number of carboxylic acid groups (broad SMARTS) is 1. The van der Waals surface area contributed by atoms with Crippen LogP contribution in [0.1, 0.15) is 27.0 Å². The van der Waals surface area contributed by atoms with E-state index in [0.29, 0.717) is 12.1 Å². The second kappa shape index (κ2) is 4.43. The molecule has 0 aliphatic carbocycles. The van der Waals surface area contributed by atoms with Gasteiger partial charge >= 0.3 is 12.1 Å². The molecule has 0 spiro atoms. The van der Waals surface area contributed by atoms with Gasteiger partial charge in [0.05, 0.1) is 16.7 Å². The summed E-state index contributed by atoms with van der Waals surface area (Å²) in [4.78, 5) is 10.8. The third kappa shape index (κ3) is 2.54. The minimum atomic E-state index is -4.68. The van der Waals surface area contributed by atoms with Crippen molar-refractivity contribution in [3.8, 4) is 6.07 Å². The molecule has 1 aromatic carbocycles. The molecule has 3 N–H and O–H groups in total. The van der Waals surface area contributed by atoms with Crippen LogP contribution in [0.2, 0.25) is 0 Å². The average Bonchev–Trinajstić information content (AvgIpc) is 2.25. The van der Waals surface area contributed by atoms with Gasteiger partial charge in [-0.15, -0.1) is 0 Å². The highest BCUT2D eigenvalue weighted by molar-refractivity contribution is 5.91. The molecule has 0 atom stereocenters. The van der Waals surface area contributed by atoms with Crippen molar-refractivity contribution in [2.45, 2.75) is 12.7 Å². The van der Waals surface area contributed by atoms with Gasteiger partial charge in [-0.05, 0) is 17.7 Å². The maximum Gasteiger partial charge on any atom is 0.416 e. The summed E-state index contributed by atoms with van der Waals surface area (Å²) < 4.78 is 37.4. The number of nitrogens with two attached hydrogens (primary N) is 1. The van der Waals surface area contributed by atoms with Gasteiger partial charge in [0.1, 0.15) is 6.07 Å². The molecule has 0 saturated carbocycles. The van der Waals surface area contributed by atoms with Gasteiger partial charge in [0.25, 0.3) is 0 Å². The largest absolute Gasteiger partial charge is 0.478 e. The van der Waals surface area contributed by atoms with Crippen LogP contribution in [0.4, 0.5) is 13.2 Å². The van der Waals surface area contributed by atoms with Crippen LogP contribution < -0.4 is 5.73 Å². The fourth-order valence-corrected chi connectivity index (χ4v) is 1.33. The Morgan fingerprint density at radius 3 is 2.41 bits per heavy atom. The van der Waals surface area contributed by atoms with Gasteiger partial charge in [0.15, 0.2) is 0 Å². The second-order valence-corrected chi connectivity index (χ2v) is 3.18. The lowest BCUT2D eigenvalue weighted by molar-refractivity contribution is -0.137. The molecule has 90 valence electrons. The Kier molecular flexibility index (Phi) is 3.39. The first-order valence-electron chi connectivity index (χ1n) is 4.38. The van der Waals surface area contributed by atoms with Crippen LogP contribution in [-0.2, 0) is 12.7 Å². The lowest BCUT2D eigenvalue weighted by Gasteiger charge is -2.11. The summed E-state index contributed by atoms with van der Waals surface area (Å²) in [6.07, 6.45) is -4.68. The zero-order valence-electron chi connectivity index (χ0n) is 8.38. The molecule has 0 bridgehead atoms. The first kappa shape index (κ1) is 13.0.